The van der Waals surface area contributed by atoms with E-state index in [-0.39, 0.29) is 5.82 Å². The monoisotopic (exact) mass is 333 g/mol. The molecule has 1 aromatic rings. The molecule has 2 rings (SSSR count). The van der Waals surface area contributed by atoms with Crippen LogP contribution in [0.2, 0.25) is 5.02 Å². The molecule has 0 heterocycles. The molecule has 1 saturated carbocycles. The molecule has 0 bridgehead atoms. The second-order valence-corrected chi connectivity index (χ2v) is 6.00. The third-order valence-electron chi connectivity index (χ3n) is 3.64. The molecule has 1 nitrogen and oxygen atoms in total. The molecule has 18 heavy (non-hydrogen) atoms. The smallest absolute Gasteiger partial charge is 0.129 e. The summed E-state index contributed by atoms with van der Waals surface area (Å²) in [5, 5.41) is 1.45. The summed E-state index contributed by atoms with van der Waals surface area (Å²) < 4.78 is 13.8. The van der Waals surface area contributed by atoms with Gasteiger partial charge in [-0.05, 0) is 25.0 Å². The van der Waals surface area contributed by atoms with Crippen molar-refractivity contribution in [3.8, 4) is 0 Å². The van der Waals surface area contributed by atoms with Gasteiger partial charge in [-0.15, -0.1) is 0 Å². The van der Waals surface area contributed by atoms with Crippen molar-refractivity contribution in [1.29, 1.82) is 0 Å². The third kappa shape index (κ3) is 3.46. The average Bonchev–Trinajstić information content (AvgIpc) is 2.86. The highest BCUT2D eigenvalue weighted by atomic mass is 79.9. The summed E-state index contributed by atoms with van der Waals surface area (Å²) in [6.07, 6.45) is 5.01. The van der Waals surface area contributed by atoms with E-state index in [0.717, 1.165) is 11.9 Å². The number of rotatable bonds is 5. The molecule has 1 aliphatic rings. The molecule has 1 aliphatic carbocycles. The lowest BCUT2D eigenvalue weighted by Crippen LogP contribution is -2.34. The first-order chi connectivity index (χ1) is 8.72. The van der Waals surface area contributed by atoms with Crippen LogP contribution in [0.25, 0.3) is 0 Å². The van der Waals surface area contributed by atoms with Gasteiger partial charge in [-0.25, -0.2) is 4.39 Å². The highest BCUT2D eigenvalue weighted by Gasteiger charge is 2.23. The molecule has 0 saturated heterocycles. The van der Waals surface area contributed by atoms with Crippen molar-refractivity contribution in [2.24, 2.45) is 0 Å². The molecule has 0 atom stereocenters. The summed E-state index contributed by atoms with van der Waals surface area (Å²) in [6.45, 7) is 1.55. The second kappa shape index (κ2) is 6.88. The van der Waals surface area contributed by atoms with Gasteiger partial charge in [0.05, 0.1) is 0 Å². The van der Waals surface area contributed by atoms with Crippen LogP contribution in [0.3, 0.4) is 0 Å². The van der Waals surface area contributed by atoms with E-state index in [1.807, 2.05) is 0 Å². The Morgan fingerprint density at radius 2 is 2.06 bits per heavy atom. The van der Waals surface area contributed by atoms with Crippen LogP contribution in [0.15, 0.2) is 18.2 Å². The molecule has 0 aliphatic heterocycles. The van der Waals surface area contributed by atoms with Crippen molar-refractivity contribution in [2.75, 3.05) is 11.9 Å². The van der Waals surface area contributed by atoms with Crippen molar-refractivity contribution in [3.63, 3.8) is 0 Å². The van der Waals surface area contributed by atoms with Crippen LogP contribution in [-0.4, -0.2) is 22.8 Å². The van der Waals surface area contributed by atoms with Gasteiger partial charge in [0.1, 0.15) is 5.82 Å². The Balaban J connectivity index is 2.12. The average molecular weight is 335 g/mol. The van der Waals surface area contributed by atoms with Crippen LogP contribution < -0.4 is 0 Å². The molecule has 100 valence electrons. The zero-order valence-corrected chi connectivity index (χ0v) is 12.7. The van der Waals surface area contributed by atoms with Crippen LogP contribution in [0.4, 0.5) is 4.39 Å². The highest BCUT2D eigenvalue weighted by molar-refractivity contribution is 9.09. The zero-order chi connectivity index (χ0) is 13.0. The van der Waals surface area contributed by atoms with Crippen molar-refractivity contribution in [3.05, 3.63) is 34.6 Å². The van der Waals surface area contributed by atoms with Crippen molar-refractivity contribution < 1.29 is 4.39 Å². The normalized spacial score (nSPS) is 16.7. The van der Waals surface area contributed by atoms with Crippen molar-refractivity contribution in [2.45, 2.75) is 38.3 Å². The molecule has 0 radical (unpaired) electrons. The number of hydrogen-bond acceptors (Lipinski definition) is 1. The van der Waals surface area contributed by atoms with E-state index in [1.165, 1.54) is 31.7 Å². The lowest BCUT2D eigenvalue weighted by Gasteiger charge is -2.28. The van der Waals surface area contributed by atoms with Crippen molar-refractivity contribution >= 4 is 27.5 Å². The summed E-state index contributed by atoms with van der Waals surface area (Å²) in [5.74, 6) is -0.194. The van der Waals surface area contributed by atoms with E-state index >= 15 is 0 Å². The minimum Gasteiger partial charge on any atom is -0.295 e. The summed E-state index contributed by atoms with van der Waals surface area (Å²) >= 11 is 9.58. The van der Waals surface area contributed by atoms with Gasteiger partial charge in [-0.3, -0.25) is 4.90 Å². The van der Waals surface area contributed by atoms with E-state index in [9.17, 15) is 4.39 Å². The number of alkyl halides is 1. The Hall–Kier alpha value is -0.120. The molecular formula is C14H18BrClFN. The summed E-state index contributed by atoms with van der Waals surface area (Å²) in [6, 6.07) is 5.49. The number of benzene rings is 1. The molecule has 4 heteroatoms. The maximum Gasteiger partial charge on any atom is 0.129 e. The zero-order valence-electron chi connectivity index (χ0n) is 10.3. The SMILES string of the molecule is Fc1cccc(Cl)c1CN(CCBr)C1CCCC1. The maximum absolute atomic E-state index is 13.8. The van der Waals surface area contributed by atoms with Gasteiger partial charge in [-0.2, -0.15) is 0 Å². The van der Waals surface area contributed by atoms with Gasteiger partial charge in [0.2, 0.25) is 0 Å². The van der Waals surface area contributed by atoms with E-state index in [0.29, 0.717) is 23.2 Å². The van der Waals surface area contributed by atoms with Gasteiger partial charge in [-0.1, -0.05) is 46.4 Å². The molecule has 0 N–H and O–H groups in total. The van der Waals surface area contributed by atoms with Gasteiger partial charge < -0.3 is 0 Å². The number of halogens is 3. The lowest BCUT2D eigenvalue weighted by molar-refractivity contribution is 0.200. The number of nitrogens with zero attached hydrogens (tertiary/aromatic N) is 1. The minimum atomic E-state index is -0.194. The summed E-state index contributed by atoms with van der Waals surface area (Å²) in [5.41, 5.74) is 0.631. The Morgan fingerprint density at radius 1 is 1.33 bits per heavy atom. The van der Waals surface area contributed by atoms with Crippen LogP contribution in [0.5, 0.6) is 0 Å². The Morgan fingerprint density at radius 3 is 2.67 bits per heavy atom. The largest absolute Gasteiger partial charge is 0.295 e. The predicted octanol–water partition coefficient (Wildman–Crippen LogP) is 4.62. The van der Waals surface area contributed by atoms with Crippen LogP contribution in [0.1, 0.15) is 31.2 Å². The molecular weight excluding hydrogens is 317 g/mol. The fourth-order valence-corrected chi connectivity index (χ4v) is 3.33. The first-order valence-corrected chi connectivity index (χ1v) is 7.95. The molecule has 0 amide bonds. The van der Waals surface area contributed by atoms with Gasteiger partial charge in [0, 0.05) is 35.0 Å². The number of hydrogen-bond donors (Lipinski definition) is 0. The lowest BCUT2D eigenvalue weighted by atomic mass is 10.1. The van der Waals surface area contributed by atoms with Crippen LogP contribution in [-0.2, 0) is 6.54 Å². The van der Waals surface area contributed by atoms with Gasteiger partial charge in [0.25, 0.3) is 0 Å². The highest BCUT2D eigenvalue weighted by Crippen LogP contribution is 2.27. The van der Waals surface area contributed by atoms with Crippen molar-refractivity contribution in [1.82, 2.24) is 4.90 Å². The Bertz CT molecular complexity index is 373. The summed E-state index contributed by atoms with van der Waals surface area (Å²) in [7, 11) is 0. The predicted molar refractivity (Wildman–Crippen MR) is 77.9 cm³/mol. The van der Waals surface area contributed by atoms with Crippen LogP contribution >= 0.6 is 27.5 Å². The van der Waals surface area contributed by atoms with Gasteiger partial charge in [0.15, 0.2) is 0 Å². The third-order valence-corrected chi connectivity index (χ3v) is 4.34. The van der Waals surface area contributed by atoms with E-state index in [2.05, 4.69) is 20.8 Å². The summed E-state index contributed by atoms with van der Waals surface area (Å²) in [4.78, 5) is 2.35. The van der Waals surface area contributed by atoms with E-state index < -0.39 is 0 Å². The molecule has 0 aromatic heterocycles. The molecule has 0 unspecified atom stereocenters. The first-order valence-electron chi connectivity index (χ1n) is 6.45. The van der Waals surface area contributed by atoms with E-state index in [1.54, 1.807) is 12.1 Å². The maximum atomic E-state index is 13.8. The first kappa shape index (κ1) is 14.3. The van der Waals surface area contributed by atoms with E-state index in [4.69, 9.17) is 11.6 Å². The fraction of sp³-hybridized carbons (Fsp3) is 0.571. The van der Waals surface area contributed by atoms with Gasteiger partial charge >= 0.3 is 0 Å². The standard InChI is InChI=1S/C14H18BrClFN/c15-8-9-18(11-4-1-2-5-11)10-12-13(16)6-3-7-14(12)17/h3,6-7,11H,1-2,4-5,8-10H2. The topological polar surface area (TPSA) is 3.24 Å². The second-order valence-electron chi connectivity index (χ2n) is 4.80. The quantitative estimate of drug-likeness (QED) is 0.710. The molecule has 0 spiro atoms. The molecule has 1 aromatic carbocycles. The van der Waals surface area contributed by atoms with Crippen LogP contribution in [0, 0.1) is 5.82 Å². The Labute approximate surface area is 121 Å². The minimum absolute atomic E-state index is 0.194. The Kier molecular flexibility index (Phi) is 5.46. The fourth-order valence-electron chi connectivity index (χ4n) is 2.66. The molecule has 1 fully saturated rings.